The third-order valence-electron chi connectivity index (χ3n) is 5.61. The van der Waals surface area contributed by atoms with Crippen LogP contribution < -0.4 is 4.74 Å². The Labute approximate surface area is 244 Å². The Hall–Kier alpha value is -1.93. The highest BCUT2D eigenvalue weighted by Gasteiger charge is 2.30. The second-order valence-corrected chi connectivity index (χ2v) is 11.0. The van der Waals surface area contributed by atoms with E-state index in [2.05, 4.69) is 15.9 Å². The minimum atomic E-state index is -0.567. The number of halogens is 5. The lowest BCUT2D eigenvalue weighted by molar-refractivity contribution is -0.121. The van der Waals surface area contributed by atoms with Crippen LogP contribution in [0.15, 0.2) is 83.6 Å². The largest absolute Gasteiger partial charge is 0.486 e. The van der Waals surface area contributed by atoms with Crippen LogP contribution >= 0.6 is 62.3 Å². The van der Waals surface area contributed by atoms with E-state index >= 15 is 0 Å². The van der Waals surface area contributed by atoms with Crippen molar-refractivity contribution in [2.45, 2.75) is 18.2 Å². The second-order valence-electron chi connectivity index (χ2n) is 8.37. The molecule has 0 N–H and O–H groups in total. The average Bonchev–Trinajstić information content (AvgIpc) is 3.34. The highest BCUT2D eigenvalue weighted by Crippen LogP contribution is 2.33. The number of alkyl halides is 1. The van der Waals surface area contributed by atoms with E-state index in [1.54, 1.807) is 36.4 Å². The van der Waals surface area contributed by atoms with E-state index in [4.69, 9.17) is 55.9 Å². The molecule has 194 valence electrons. The lowest BCUT2D eigenvalue weighted by Gasteiger charge is -2.31. The molecule has 0 radical (unpaired) electrons. The summed E-state index contributed by atoms with van der Waals surface area (Å²) in [4.78, 5) is 16.3. The zero-order valence-corrected chi connectivity index (χ0v) is 24.1. The third-order valence-corrected chi connectivity index (χ3v) is 7.45. The molecule has 37 heavy (non-hydrogen) atoms. The zero-order valence-electron chi connectivity index (χ0n) is 19.5. The minimum Gasteiger partial charge on any atom is -0.486 e. The van der Waals surface area contributed by atoms with Crippen molar-refractivity contribution in [3.8, 4) is 5.75 Å². The van der Waals surface area contributed by atoms with E-state index < -0.39 is 11.6 Å². The van der Waals surface area contributed by atoms with Gasteiger partial charge in [0.1, 0.15) is 24.0 Å². The SMILES string of the molecule is O=C(COc1ccc(Br)cc1)CN1C=CN(C(Cl)C(OCc2ccc(Cl)cc2Cl)c2ccc(Cl)cc2)C1. The van der Waals surface area contributed by atoms with Gasteiger partial charge in [0.2, 0.25) is 0 Å². The number of ketones is 1. The van der Waals surface area contributed by atoms with Crippen molar-refractivity contribution in [1.29, 1.82) is 0 Å². The van der Waals surface area contributed by atoms with E-state index in [-0.39, 0.29) is 25.5 Å². The van der Waals surface area contributed by atoms with Gasteiger partial charge in [0, 0.05) is 31.9 Å². The van der Waals surface area contributed by atoms with Gasteiger partial charge in [-0.1, -0.05) is 80.5 Å². The van der Waals surface area contributed by atoms with Crippen LogP contribution in [0.1, 0.15) is 17.2 Å². The summed E-state index contributed by atoms with van der Waals surface area (Å²) in [5.41, 5.74) is 1.09. The van der Waals surface area contributed by atoms with Gasteiger partial charge in [0.25, 0.3) is 0 Å². The van der Waals surface area contributed by atoms with Gasteiger partial charge in [0.05, 0.1) is 19.8 Å². The predicted octanol–water partition coefficient (Wildman–Crippen LogP) is 7.93. The van der Waals surface area contributed by atoms with Crippen molar-refractivity contribution >= 4 is 68.1 Å². The predicted molar refractivity (Wildman–Crippen MR) is 152 cm³/mol. The topological polar surface area (TPSA) is 42.0 Å². The minimum absolute atomic E-state index is 0.0192. The van der Waals surface area contributed by atoms with Crippen LogP contribution in [0, 0.1) is 0 Å². The fraction of sp³-hybridized carbons (Fsp3) is 0.222. The van der Waals surface area contributed by atoms with Crippen molar-refractivity contribution in [1.82, 2.24) is 9.80 Å². The van der Waals surface area contributed by atoms with Gasteiger partial charge in [-0.3, -0.25) is 4.79 Å². The van der Waals surface area contributed by atoms with Gasteiger partial charge in [-0.05, 0) is 59.7 Å². The second kappa shape index (κ2) is 13.2. The fourth-order valence-electron chi connectivity index (χ4n) is 3.69. The van der Waals surface area contributed by atoms with Gasteiger partial charge >= 0.3 is 0 Å². The van der Waals surface area contributed by atoms with Crippen LogP contribution in [0.2, 0.25) is 15.1 Å². The maximum absolute atomic E-state index is 12.5. The molecule has 4 rings (SSSR count). The number of rotatable bonds is 11. The van der Waals surface area contributed by atoms with Crippen LogP contribution in [0.25, 0.3) is 0 Å². The molecule has 2 atom stereocenters. The molecular formula is C27H23BrCl4N2O3. The Morgan fingerprint density at radius 2 is 1.65 bits per heavy atom. The van der Waals surface area contributed by atoms with Gasteiger partial charge in [-0.25, -0.2) is 0 Å². The van der Waals surface area contributed by atoms with E-state index in [9.17, 15) is 4.79 Å². The number of nitrogens with zero attached hydrogens (tertiary/aromatic N) is 2. The summed E-state index contributed by atoms with van der Waals surface area (Å²) in [6, 6.07) is 20.0. The summed E-state index contributed by atoms with van der Waals surface area (Å²) in [5.74, 6) is 0.586. The highest BCUT2D eigenvalue weighted by atomic mass is 79.9. The Morgan fingerprint density at radius 1 is 0.946 bits per heavy atom. The molecule has 0 aromatic heterocycles. The molecule has 1 heterocycles. The van der Waals surface area contributed by atoms with Crippen molar-refractivity contribution < 1.29 is 14.3 Å². The Morgan fingerprint density at radius 3 is 2.35 bits per heavy atom. The van der Waals surface area contributed by atoms with Crippen LogP contribution in [0.3, 0.4) is 0 Å². The van der Waals surface area contributed by atoms with E-state index in [0.29, 0.717) is 27.5 Å². The standard InChI is InChI=1S/C27H23BrCl4N2O3/c28-20-4-9-24(10-5-20)36-16-23(35)14-33-11-12-34(17-33)27(32)26(18-1-6-21(29)7-2-18)37-15-19-3-8-22(30)13-25(19)31/h1-13,26-27H,14-17H2. The Balaban J connectivity index is 1.37. The molecule has 3 aromatic carbocycles. The van der Waals surface area contributed by atoms with Crippen molar-refractivity contribution in [3.63, 3.8) is 0 Å². The van der Waals surface area contributed by atoms with Crippen LogP contribution in [0.5, 0.6) is 5.75 Å². The number of benzene rings is 3. The molecule has 10 heteroatoms. The molecule has 0 amide bonds. The van der Waals surface area contributed by atoms with Crippen molar-refractivity contribution in [2.75, 3.05) is 19.8 Å². The van der Waals surface area contributed by atoms with Crippen LogP contribution in [0.4, 0.5) is 0 Å². The van der Waals surface area contributed by atoms with Crippen molar-refractivity contribution in [3.05, 3.63) is 110 Å². The van der Waals surface area contributed by atoms with Crippen molar-refractivity contribution in [2.24, 2.45) is 0 Å². The number of hydrogen-bond acceptors (Lipinski definition) is 5. The first-order chi connectivity index (χ1) is 17.8. The lowest BCUT2D eigenvalue weighted by Crippen LogP contribution is -2.37. The molecule has 0 saturated heterocycles. The van der Waals surface area contributed by atoms with E-state index in [1.807, 2.05) is 52.5 Å². The lowest BCUT2D eigenvalue weighted by atomic mass is 10.1. The first-order valence-corrected chi connectivity index (χ1v) is 13.7. The summed E-state index contributed by atoms with van der Waals surface area (Å²) < 4.78 is 12.8. The Kier molecular flexibility index (Phi) is 10.0. The molecular weight excluding hydrogens is 622 g/mol. The number of hydrogen-bond donors (Lipinski definition) is 0. The van der Waals surface area contributed by atoms with E-state index in [1.165, 1.54) is 0 Å². The molecule has 0 spiro atoms. The molecule has 0 fully saturated rings. The Bertz CT molecular complexity index is 1240. The summed E-state index contributed by atoms with van der Waals surface area (Å²) in [5, 5.41) is 1.69. The smallest absolute Gasteiger partial charge is 0.189 e. The third kappa shape index (κ3) is 8.03. The summed E-state index contributed by atoms with van der Waals surface area (Å²) in [6.07, 6.45) is 3.18. The number of carbonyl (C=O) groups excluding carboxylic acids is 1. The molecule has 5 nitrogen and oxygen atoms in total. The quantitative estimate of drug-likeness (QED) is 0.157. The monoisotopic (exact) mass is 642 g/mol. The molecule has 1 aliphatic rings. The maximum Gasteiger partial charge on any atom is 0.189 e. The molecule has 2 unspecified atom stereocenters. The first kappa shape index (κ1) is 28.1. The molecule has 0 bridgehead atoms. The van der Waals surface area contributed by atoms with Gasteiger partial charge in [-0.15, -0.1) is 0 Å². The zero-order chi connectivity index (χ0) is 26.4. The normalized spacial score (nSPS) is 14.6. The number of carbonyl (C=O) groups is 1. The number of Topliss-reactive ketones (excluding diaryl/α,β-unsaturated/α-hetero) is 1. The van der Waals surface area contributed by atoms with Gasteiger partial charge < -0.3 is 19.3 Å². The first-order valence-electron chi connectivity index (χ1n) is 11.3. The summed E-state index contributed by atoms with van der Waals surface area (Å²) >= 11 is 28.8. The van der Waals surface area contributed by atoms with Gasteiger partial charge in [-0.2, -0.15) is 0 Å². The fourth-order valence-corrected chi connectivity index (χ4v) is 4.89. The molecule has 0 aliphatic carbocycles. The average molecular weight is 645 g/mol. The molecule has 3 aromatic rings. The van der Waals surface area contributed by atoms with Crippen LogP contribution in [-0.2, 0) is 16.1 Å². The summed E-state index contributed by atoms with van der Waals surface area (Å²) in [6.45, 7) is 0.835. The highest BCUT2D eigenvalue weighted by molar-refractivity contribution is 9.10. The number of ether oxygens (including phenoxy) is 2. The maximum atomic E-state index is 12.5. The molecule has 0 saturated carbocycles. The molecule has 1 aliphatic heterocycles. The van der Waals surface area contributed by atoms with Gasteiger partial charge in [0.15, 0.2) is 5.78 Å². The van der Waals surface area contributed by atoms with E-state index in [0.717, 1.165) is 15.6 Å². The summed E-state index contributed by atoms with van der Waals surface area (Å²) in [7, 11) is 0. The van der Waals surface area contributed by atoms with Crippen LogP contribution in [-0.4, -0.2) is 40.9 Å².